The Balaban J connectivity index is 1.63. The molecule has 0 saturated carbocycles. The van der Waals surface area contributed by atoms with Crippen LogP contribution in [0.4, 0.5) is 0 Å². The summed E-state index contributed by atoms with van der Waals surface area (Å²) in [4.78, 5) is 11.2. The minimum atomic E-state index is -1.03. The van der Waals surface area contributed by atoms with Crippen LogP contribution in [-0.4, -0.2) is 42.7 Å². The van der Waals surface area contributed by atoms with Crippen molar-refractivity contribution in [1.29, 1.82) is 0 Å². The van der Waals surface area contributed by atoms with Crippen LogP contribution in [0.15, 0.2) is 59.8 Å². The number of rotatable bonds is 8. The molecule has 0 spiro atoms. The van der Waals surface area contributed by atoms with E-state index in [0.29, 0.717) is 34.2 Å². The van der Waals surface area contributed by atoms with Crippen LogP contribution < -0.4 is 4.74 Å². The number of phenolic OH excluding ortho intramolecular Hbond substituents is 1. The highest BCUT2D eigenvalue weighted by molar-refractivity contribution is 5.96. The molecule has 4 N–H and O–H groups in total. The minimum absolute atomic E-state index is 0.0483. The topological polar surface area (TPSA) is 112 Å². The normalized spacial score (nSPS) is 19.4. The van der Waals surface area contributed by atoms with E-state index in [1.807, 2.05) is 6.92 Å². The molecule has 7 heteroatoms. The zero-order chi connectivity index (χ0) is 26.9. The number of hydrogen-bond acceptors (Lipinski definition) is 5. The molecule has 37 heavy (non-hydrogen) atoms. The van der Waals surface area contributed by atoms with Gasteiger partial charge in [0.2, 0.25) is 5.88 Å². The summed E-state index contributed by atoms with van der Waals surface area (Å²) in [7, 11) is 0. The van der Waals surface area contributed by atoms with Crippen LogP contribution in [0.1, 0.15) is 69.3 Å². The zero-order valence-corrected chi connectivity index (χ0v) is 21.8. The molecule has 7 nitrogen and oxygen atoms in total. The number of aromatic hydroxyl groups is 2. The molecule has 4 rings (SSSR count). The highest BCUT2D eigenvalue weighted by Gasteiger charge is 2.41. The first kappa shape index (κ1) is 26.4. The number of carboxylic acids is 1. The fraction of sp³-hybridized carbons (Fsp3) is 0.367. The molecule has 0 radical (unpaired) electrons. The zero-order valence-electron chi connectivity index (χ0n) is 21.8. The summed E-state index contributed by atoms with van der Waals surface area (Å²) in [6.45, 7) is 8.18. The molecule has 2 aromatic carbocycles. The van der Waals surface area contributed by atoms with Crippen molar-refractivity contribution in [1.82, 2.24) is 4.57 Å². The average molecular weight is 506 g/mol. The number of nitrogens with zero attached hydrogens (tertiary/aromatic N) is 1. The van der Waals surface area contributed by atoms with E-state index in [1.54, 1.807) is 18.3 Å². The Kier molecular flexibility index (Phi) is 7.37. The fourth-order valence-corrected chi connectivity index (χ4v) is 4.84. The third-order valence-corrected chi connectivity index (χ3v) is 7.18. The molecule has 1 aromatic heterocycles. The van der Waals surface area contributed by atoms with Gasteiger partial charge in [0.25, 0.3) is 0 Å². The summed E-state index contributed by atoms with van der Waals surface area (Å²) >= 11 is 0. The lowest BCUT2D eigenvalue weighted by Gasteiger charge is -2.40. The second-order valence-electron chi connectivity index (χ2n) is 10.4. The Hall–Kier alpha value is -3.71. The van der Waals surface area contributed by atoms with Gasteiger partial charge >= 0.3 is 5.97 Å². The van der Waals surface area contributed by atoms with Crippen molar-refractivity contribution < 1.29 is 30.0 Å². The number of allylic oxidation sites excluding steroid dienone is 4. The predicted octanol–water partition coefficient (Wildman–Crippen LogP) is 6.27. The van der Waals surface area contributed by atoms with Gasteiger partial charge in [-0.15, -0.1) is 0 Å². The van der Waals surface area contributed by atoms with Crippen LogP contribution in [0.2, 0.25) is 0 Å². The first-order valence-corrected chi connectivity index (χ1v) is 12.6. The van der Waals surface area contributed by atoms with E-state index in [2.05, 4.69) is 32.9 Å². The van der Waals surface area contributed by atoms with Gasteiger partial charge in [-0.3, -0.25) is 4.57 Å². The largest absolute Gasteiger partial charge is 0.508 e. The number of aromatic carboxylic acids is 1. The van der Waals surface area contributed by atoms with Gasteiger partial charge in [0.1, 0.15) is 17.1 Å². The monoisotopic (exact) mass is 505 g/mol. The molecule has 2 heterocycles. The summed E-state index contributed by atoms with van der Waals surface area (Å²) in [5.74, 6) is -0.727. The van der Waals surface area contributed by atoms with Gasteiger partial charge in [-0.05, 0) is 83.7 Å². The van der Waals surface area contributed by atoms with E-state index in [9.17, 15) is 25.2 Å². The molecule has 0 saturated heterocycles. The molecule has 0 fully saturated rings. The number of benzene rings is 2. The number of ether oxygens (including phenoxy) is 1. The maximum atomic E-state index is 11.2. The van der Waals surface area contributed by atoms with Crippen molar-refractivity contribution >= 4 is 16.7 Å². The Labute approximate surface area is 216 Å². The van der Waals surface area contributed by atoms with Crippen molar-refractivity contribution in [2.75, 3.05) is 0 Å². The Morgan fingerprint density at radius 2 is 1.81 bits per heavy atom. The third kappa shape index (κ3) is 5.37. The summed E-state index contributed by atoms with van der Waals surface area (Å²) in [6, 6.07) is 7.62. The Morgan fingerprint density at radius 3 is 2.46 bits per heavy atom. The lowest BCUT2D eigenvalue weighted by Crippen LogP contribution is -2.48. The van der Waals surface area contributed by atoms with Gasteiger partial charge < -0.3 is 25.2 Å². The Morgan fingerprint density at radius 1 is 1.11 bits per heavy atom. The number of aromatic nitrogens is 1. The van der Waals surface area contributed by atoms with Gasteiger partial charge in [-0.1, -0.05) is 23.3 Å². The second kappa shape index (κ2) is 10.3. The fourth-order valence-electron chi connectivity index (χ4n) is 4.84. The van der Waals surface area contributed by atoms with E-state index in [-0.39, 0.29) is 23.6 Å². The third-order valence-electron chi connectivity index (χ3n) is 7.18. The van der Waals surface area contributed by atoms with E-state index in [1.165, 1.54) is 33.9 Å². The maximum absolute atomic E-state index is 11.2. The van der Waals surface area contributed by atoms with Crippen molar-refractivity contribution in [2.24, 2.45) is 0 Å². The predicted molar refractivity (Wildman–Crippen MR) is 144 cm³/mol. The molecular formula is C30H35NO6. The smallest absolute Gasteiger partial charge is 0.335 e. The summed E-state index contributed by atoms with van der Waals surface area (Å²) in [5, 5.41) is 42.9. The standard InChI is InChI=1S/C30H35NO6/c1-18(2)7-5-8-19(3)9-6-14-30(4)26(33)16-23-25(32)15-22-24(27(23)37-30)17-31(28(22)34)21-12-10-20(11-13-21)29(35)36/h7,9-13,15,17,26,32-34H,5-6,8,14,16H2,1-4H3,(H,35,36)/t26-,30-/m0/s1. The van der Waals surface area contributed by atoms with Crippen LogP contribution in [0.5, 0.6) is 17.4 Å². The maximum Gasteiger partial charge on any atom is 0.335 e. The second-order valence-corrected chi connectivity index (χ2v) is 10.4. The Bertz CT molecular complexity index is 1380. The van der Waals surface area contributed by atoms with E-state index < -0.39 is 17.7 Å². The molecule has 0 unspecified atom stereocenters. The number of hydrogen-bond donors (Lipinski definition) is 4. The minimum Gasteiger partial charge on any atom is -0.508 e. The molecule has 0 amide bonds. The van der Waals surface area contributed by atoms with Crippen LogP contribution in [0.3, 0.4) is 0 Å². The van der Waals surface area contributed by atoms with Crippen LogP contribution >= 0.6 is 0 Å². The number of carbonyl (C=O) groups is 1. The summed E-state index contributed by atoms with van der Waals surface area (Å²) in [5.41, 5.74) is 2.95. The van der Waals surface area contributed by atoms with Gasteiger partial charge in [-0.2, -0.15) is 0 Å². The molecule has 2 atom stereocenters. The molecule has 0 aliphatic carbocycles. The number of carboxylic acid groups (broad SMARTS) is 1. The molecule has 196 valence electrons. The van der Waals surface area contributed by atoms with Crippen LogP contribution in [0.25, 0.3) is 16.5 Å². The number of phenols is 1. The van der Waals surface area contributed by atoms with Crippen molar-refractivity contribution in [2.45, 2.75) is 71.5 Å². The average Bonchev–Trinajstić information content (AvgIpc) is 3.16. The number of aliphatic hydroxyl groups is 1. The molecule has 3 aromatic rings. The van der Waals surface area contributed by atoms with Crippen molar-refractivity contribution in [3.8, 4) is 23.1 Å². The van der Waals surface area contributed by atoms with Gasteiger partial charge in [-0.25, -0.2) is 4.79 Å². The highest BCUT2D eigenvalue weighted by atomic mass is 16.5. The molecule has 0 bridgehead atoms. The van der Waals surface area contributed by atoms with E-state index in [4.69, 9.17) is 4.74 Å². The lowest BCUT2D eigenvalue weighted by atomic mass is 9.84. The summed E-state index contributed by atoms with van der Waals surface area (Å²) < 4.78 is 7.95. The van der Waals surface area contributed by atoms with Crippen LogP contribution in [0, 0.1) is 0 Å². The first-order chi connectivity index (χ1) is 17.5. The molecule has 1 aliphatic heterocycles. The summed E-state index contributed by atoms with van der Waals surface area (Å²) in [6.07, 6.45) is 8.89. The molecular weight excluding hydrogens is 470 g/mol. The van der Waals surface area contributed by atoms with Crippen LogP contribution in [-0.2, 0) is 6.42 Å². The number of aliphatic hydroxyl groups excluding tert-OH is 1. The van der Waals surface area contributed by atoms with Gasteiger partial charge in [0.05, 0.1) is 17.1 Å². The molecule has 1 aliphatic rings. The lowest BCUT2D eigenvalue weighted by molar-refractivity contribution is -0.0581. The van der Waals surface area contributed by atoms with Crippen molar-refractivity contribution in [3.05, 3.63) is 71.0 Å². The first-order valence-electron chi connectivity index (χ1n) is 12.6. The van der Waals surface area contributed by atoms with E-state index >= 15 is 0 Å². The van der Waals surface area contributed by atoms with E-state index in [0.717, 1.165) is 19.3 Å². The van der Waals surface area contributed by atoms with Crippen molar-refractivity contribution in [3.63, 3.8) is 0 Å². The number of fused-ring (bicyclic) bond motifs is 3. The quantitative estimate of drug-likeness (QED) is 0.269. The highest BCUT2D eigenvalue weighted by Crippen LogP contribution is 2.47. The van der Waals surface area contributed by atoms with Gasteiger partial charge in [0.15, 0.2) is 0 Å². The SMILES string of the molecule is CC(C)=CCCC(C)=CCC[C@]1(C)Oc2c(c(O)cc3c(O)n(-c4ccc(C(=O)O)cc4)cc23)C[C@@H]1O. The van der Waals surface area contributed by atoms with Gasteiger partial charge in [0, 0.05) is 29.3 Å².